The largest absolute Gasteiger partial charge is 0.346 e. The molecular weight excluding hydrogens is 292 g/mol. The number of carbonyl (C=O) groups is 1. The fourth-order valence-corrected chi connectivity index (χ4v) is 2.96. The van der Waals surface area contributed by atoms with Gasteiger partial charge in [0.15, 0.2) is 0 Å². The van der Waals surface area contributed by atoms with Crippen molar-refractivity contribution in [2.24, 2.45) is 0 Å². The number of non-ortho nitro benzene ring substituents is 1. The maximum Gasteiger partial charge on any atom is 0.269 e. The highest BCUT2D eigenvalue weighted by Gasteiger charge is 2.16. The van der Waals surface area contributed by atoms with Crippen LogP contribution in [0.4, 0.5) is 5.69 Å². The van der Waals surface area contributed by atoms with Crippen molar-refractivity contribution >= 4 is 11.6 Å². The number of nitro benzene ring substituents is 1. The van der Waals surface area contributed by atoms with E-state index in [0.717, 1.165) is 18.4 Å². The Morgan fingerprint density at radius 1 is 1.13 bits per heavy atom. The molecule has 1 N–H and O–H groups in total. The van der Waals surface area contributed by atoms with Crippen molar-refractivity contribution in [1.29, 1.82) is 0 Å². The molecule has 2 aromatic rings. The molecule has 0 heterocycles. The predicted octanol–water partition coefficient (Wildman–Crippen LogP) is 3.57. The lowest BCUT2D eigenvalue weighted by atomic mass is 10.0. The fraction of sp³-hybridized carbons (Fsp3) is 0.278. The molecule has 3 rings (SSSR count). The van der Waals surface area contributed by atoms with Gasteiger partial charge in [-0.25, -0.2) is 0 Å². The van der Waals surface area contributed by atoms with Gasteiger partial charge >= 0.3 is 0 Å². The number of fused-ring (bicyclic) bond motifs is 1. The van der Waals surface area contributed by atoms with E-state index in [1.54, 1.807) is 0 Å². The van der Waals surface area contributed by atoms with Gasteiger partial charge in [-0.15, -0.1) is 0 Å². The van der Waals surface area contributed by atoms with Crippen LogP contribution in [0.25, 0.3) is 0 Å². The van der Waals surface area contributed by atoms with Gasteiger partial charge in [0.2, 0.25) is 0 Å². The van der Waals surface area contributed by atoms with Crippen LogP contribution in [0.1, 0.15) is 46.4 Å². The molecule has 0 spiro atoms. The zero-order valence-corrected chi connectivity index (χ0v) is 12.9. The highest BCUT2D eigenvalue weighted by atomic mass is 16.6. The van der Waals surface area contributed by atoms with Gasteiger partial charge in [-0.2, -0.15) is 0 Å². The number of benzene rings is 2. The van der Waals surface area contributed by atoms with Crippen LogP contribution in [-0.4, -0.2) is 10.8 Å². The Morgan fingerprint density at radius 2 is 1.83 bits per heavy atom. The van der Waals surface area contributed by atoms with Crippen molar-refractivity contribution in [3.8, 4) is 0 Å². The Labute approximate surface area is 134 Å². The molecule has 1 unspecified atom stereocenters. The number of carbonyl (C=O) groups excluding carboxylic acids is 1. The zero-order valence-electron chi connectivity index (χ0n) is 12.9. The quantitative estimate of drug-likeness (QED) is 0.693. The van der Waals surface area contributed by atoms with E-state index in [1.807, 2.05) is 6.92 Å². The lowest BCUT2D eigenvalue weighted by Crippen LogP contribution is -2.26. The first-order chi connectivity index (χ1) is 11.0. The average molecular weight is 310 g/mol. The van der Waals surface area contributed by atoms with Gasteiger partial charge < -0.3 is 5.32 Å². The minimum atomic E-state index is -0.477. The molecule has 1 atom stereocenters. The third-order valence-corrected chi connectivity index (χ3v) is 4.31. The van der Waals surface area contributed by atoms with E-state index in [0.29, 0.717) is 5.56 Å². The summed E-state index contributed by atoms with van der Waals surface area (Å²) >= 11 is 0. The molecule has 23 heavy (non-hydrogen) atoms. The second-order valence-electron chi connectivity index (χ2n) is 5.88. The molecule has 0 bridgehead atoms. The molecule has 0 fully saturated rings. The van der Waals surface area contributed by atoms with Crippen molar-refractivity contribution in [2.75, 3.05) is 0 Å². The normalized spacial score (nSPS) is 14.1. The Hall–Kier alpha value is -2.69. The lowest BCUT2D eigenvalue weighted by molar-refractivity contribution is -0.384. The molecule has 2 aromatic carbocycles. The van der Waals surface area contributed by atoms with Crippen molar-refractivity contribution in [1.82, 2.24) is 5.32 Å². The first-order valence-electron chi connectivity index (χ1n) is 7.71. The predicted molar refractivity (Wildman–Crippen MR) is 87.4 cm³/mol. The number of nitrogens with one attached hydrogen (secondary N) is 1. The summed E-state index contributed by atoms with van der Waals surface area (Å²) in [4.78, 5) is 22.4. The Kier molecular flexibility index (Phi) is 4.10. The van der Waals surface area contributed by atoms with Crippen LogP contribution in [0.2, 0.25) is 0 Å². The maximum absolute atomic E-state index is 12.3. The molecule has 1 aliphatic rings. The maximum atomic E-state index is 12.3. The minimum Gasteiger partial charge on any atom is -0.346 e. The third kappa shape index (κ3) is 3.23. The van der Waals surface area contributed by atoms with Gasteiger partial charge in [-0.05, 0) is 55.0 Å². The van der Waals surface area contributed by atoms with Gasteiger partial charge in [0, 0.05) is 17.7 Å². The first kappa shape index (κ1) is 15.2. The lowest BCUT2D eigenvalue weighted by Gasteiger charge is -2.15. The van der Waals surface area contributed by atoms with E-state index in [2.05, 4.69) is 23.5 Å². The molecule has 0 saturated carbocycles. The average Bonchev–Trinajstić information content (AvgIpc) is 3.02. The van der Waals surface area contributed by atoms with Crippen LogP contribution in [0, 0.1) is 10.1 Å². The van der Waals surface area contributed by atoms with Gasteiger partial charge in [0.25, 0.3) is 11.6 Å². The van der Waals surface area contributed by atoms with Crippen LogP contribution in [0.15, 0.2) is 42.5 Å². The van der Waals surface area contributed by atoms with E-state index in [1.165, 1.54) is 41.8 Å². The van der Waals surface area contributed by atoms with E-state index in [9.17, 15) is 14.9 Å². The van der Waals surface area contributed by atoms with Crippen LogP contribution in [0.5, 0.6) is 0 Å². The number of nitro groups is 1. The monoisotopic (exact) mass is 310 g/mol. The number of rotatable bonds is 4. The summed E-state index contributed by atoms with van der Waals surface area (Å²) in [6, 6.07) is 11.9. The molecule has 0 saturated heterocycles. The van der Waals surface area contributed by atoms with E-state index < -0.39 is 4.92 Å². The van der Waals surface area contributed by atoms with Gasteiger partial charge in [-0.3, -0.25) is 14.9 Å². The molecule has 1 aliphatic carbocycles. The number of aryl methyl sites for hydroxylation is 2. The summed E-state index contributed by atoms with van der Waals surface area (Å²) in [6.45, 7) is 1.94. The molecule has 0 aliphatic heterocycles. The summed E-state index contributed by atoms with van der Waals surface area (Å²) in [6.07, 6.45) is 3.44. The minimum absolute atomic E-state index is 0.0202. The number of hydrogen-bond donors (Lipinski definition) is 1. The second kappa shape index (κ2) is 6.20. The smallest absolute Gasteiger partial charge is 0.269 e. The van der Waals surface area contributed by atoms with Crippen LogP contribution < -0.4 is 5.32 Å². The van der Waals surface area contributed by atoms with Crippen molar-refractivity contribution < 1.29 is 9.72 Å². The second-order valence-corrected chi connectivity index (χ2v) is 5.88. The van der Waals surface area contributed by atoms with E-state index in [-0.39, 0.29) is 17.6 Å². The van der Waals surface area contributed by atoms with Gasteiger partial charge in [-0.1, -0.05) is 18.2 Å². The summed E-state index contributed by atoms with van der Waals surface area (Å²) < 4.78 is 0. The SMILES string of the molecule is CC(NC(=O)c1ccc([N+](=O)[O-])cc1)c1ccc2c(c1)CCC2. The molecular formula is C18H18N2O3. The Bertz CT molecular complexity index is 753. The zero-order chi connectivity index (χ0) is 16.4. The molecule has 5 nitrogen and oxygen atoms in total. The summed E-state index contributed by atoms with van der Waals surface area (Å²) in [5.41, 5.74) is 4.26. The first-order valence-corrected chi connectivity index (χ1v) is 7.71. The van der Waals surface area contributed by atoms with Crippen LogP contribution in [0.3, 0.4) is 0 Å². The molecule has 5 heteroatoms. The summed E-state index contributed by atoms with van der Waals surface area (Å²) in [5.74, 6) is -0.229. The summed E-state index contributed by atoms with van der Waals surface area (Å²) in [7, 11) is 0. The molecule has 1 amide bonds. The number of nitrogens with zero attached hydrogens (tertiary/aromatic N) is 1. The summed E-state index contributed by atoms with van der Waals surface area (Å²) in [5, 5.41) is 13.6. The van der Waals surface area contributed by atoms with Crippen molar-refractivity contribution in [3.05, 3.63) is 74.8 Å². The molecule has 0 aromatic heterocycles. The third-order valence-electron chi connectivity index (χ3n) is 4.31. The fourth-order valence-electron chi connectivity index (χ4n) is 2.96. The van der Waals surface area contributed by atoms with E-state index in [4.69, 9.17) is 0 Å². The topological polar surface area (TPSA) is 72.2 Å². The van der Waals surface area contributed by atoms with Crippen LogP contribution in [-0.2, 0) is 12.8 Å². The molecule has 0 radical (unpaired) electrons. The van der Waals surface area contributed by atoms with Gasteiger partial charge in [0.05, 0.1) is 11.0 Å². The highest BCUT2D eigenvalue weighted by Crippen LogP contribution is 2.25. The Balaban J connectivity index is 1.70. The van der Waals surface area contributed by atoms with Crippen LogP contribution >= 0.6 is 0 Å². The molecule has 118 valence electrons. The highest BCUT2D eigenvalue weighted by molar-refractivity contribution is 5.94. The van der Waals surface area contributed by atoms with Gasteiger partial charge in [0.1, 0.15) is 0 Å². The van der Waals surface area contributed by atoms with Crippen molar-refractivity contribution in [3.63, 3.8) is 0 Å². The Morgan fingerprint density at radius 3 is 2.52 bits per heavy atom. The van der Waals surface area contributed by atoms with E-state index >= 15 is 0 Å². The number of hydrogen-bond acceptors (Lipinski definition) is 3. The van der Waals surface area contributed by atoms with Crippen molar-refractivity contribution in [2.45, 2.75) is 32.2 Å². The standard InChI is InChI=1S/C18H18N2O3/c1-12(15-6-5-13-3-2-4-16(13)11-15)19-18(21)14-7-9-17(10-8-14)20(22)23/h5-12H,2-4H2,1H3,(H,19,21). The number of amides is 1.